The van der Waals surface area contributed by atoms with Crippen LogP contribution in [0.1, 0.15) is 44.3 Å². The van der Waals surface area contributed by atoms with Crippen molar-refractivity contribution in [2.45, 2.75) is 51.4 Å². The van der Waals surface area contributed by atoms with Gasteiger partial charge in [0.05, 0.1) is 12.8 Å². The highest BCUT2D eigenvalue weighted by Crippen LogP contribution is 2.35. The van der Waals surface area contributed by atoms with Crippen molar-refractivity contribution < 1.29 is 14.3 Å². The third-order valence-electron chi connectivity index (χ3n) is 5.97. The lowest BCUT2D eigenvalue weighted by molar-refractivity contribution is -0.124. The van der Waals surface area contributed by atoms with Gasteiger partial charge in [0.2, 0.25) is 5.91 Å². The Bertz CT molecular complexity index is 1060. The van der Waals surface area contributed by atoms with E-state index in [1.54, 1.807) is 14.2 Å². The van der Waals surface area contributed by atoms with Crippen molar-refractivity contribution in [3.8, 4) is 0 Å². The van der Waals surface area contributed by atoms with E-state index >= 15 is 0 Å². The van der Waals surface area contributed by atoms with E-state index < -0.39 is 5.54 Å². The van der Waals surface area contributed by atoms with Gasteiger partial charge in [0, 0.05) is 49.1 Å². The van der Waals surface area contributed by atoms with Crippen LogP contribution in [0.4, 0.5) is 5.82 Å². The molecule has 1 aromatic heterocycles. The van der Waals surface area contributed by atoms with Crippen molar-refractivity contribution in [2.75, 3.05) is 26.1 Å². The molecule has 0 saturated heterocycles. The number of allylic oxidation sites excluding steroid dienone is 2. The second kappa shape index (κ2) is 9.27. The maximum atomic E-state index is 12.8. The summed E-state index contributed by atoms with van der Waals surface area (Å²) in [5.41, 5.74) is 2.73. The fourth-order valence-corrected chi connectivity index (χ4v) is 4.08. The molecule has 4 N–H and O–H groups in total. The average molecular weight is 453 g/mol. The van der Waals surface area contributed by atoms with Gasteiger partial charge in [-0.15, -0.1) is 0 Å². The summed E-state index contributed by atoms with van der Waals surface area (Å²) in [6, 6.07) is 0. The van der Waals surface area contributed by atoms with Crippen LogP contribution in [0, 0.1) is 0 Å². The monoisotopic (exact) mass is 452 g/mol. The summed E-state index contributed by atoms with van der Waals surface area (Å²) in [5.74, 6) is 1.81. The fourth-order valence-electron chi connectivity index (χ4n) is 4.08. The molecule has 2 atom stereocenters. The van der Waals surface area contributed by atoms with E-state index in [1.807, 2.05) is 51.4 Å². The molecule has 2 aliphatic heterocycles. The van der Waals surface area contributed by atoms with Gasteiger partial charge in [-0.25, -0.2) is 9.97 Å². The topological polar surface area (TPSA) is 109 Å². The summed E-state index contributed by atoms with van der Waals surface area (Å²) in [4.78, 5) is 22.6. The van der Waals surface area contributed by atoms with E-state index in [1.165, 1.54) is 0 Å². The van der Waals surface area contributed by atoms with E-state index in [0.717, 1.165) is 28.8 Å². The molecule has 0 radical (unpaired) electrons. The number of carbonyl (C=O) groups is 1. The van der Waals surface area contributed by atoms with Crippen molar-refractivity contribution >= 4 is 23.4 Å². The lowest BCUT2D eigenvalue weighted by Gasteiger charge is -2.30. The standard InChI is InChI=1S/C24H32N6O3/c1-6-9-26-23(31)24(2,3)30-22-15-11-18(32-4)19(33-5)12-17(15)28-21(29-22)16-13-27-20-14(16)8-7-10-25-20/h7-8,10,12-13,18,20,25,27H,6,9,11H2,1-5H3,(H,26,31)(H,28,29,30). The summed E-state index contributed by atoms with van der Waals surface area (Å²) >= 11 is 0. The van der Waals surface area contributed by atoms with Crippen LogP contribution in [0.2, 0.25) is 0 Å². The first-order valence-corrected chi connectivity index (χ1v) is 11.2. The number of hydrogen-bond acceptors (Lipinski definition) is 8. The van der Waals surface area contributed by atoms with E-state index in [0.29, 0.717) is 30.4 Å². The molecule has 0 bridgehead atoms. The molecule has 9 heteroatoms. The average Bonchev–Trinajstić information content (AvgIpc) is 3.25. The SMILES string of the molecule is CCCNC(=O)C(C)(C)Nc1nc(C2=CNC3NC=CC=C23)nc2c1CC(OC)C(OC)=C2. The molecule has 0 saturated carbocycles. The largest absolute Gasteiger partial charge is 0.498 e. The molecule has 3 aliphatic rings. The number of ether oxygens (including phenoxy) is 2. The molecule has 1 aromatic rings. The summed E-state index contributed by atoms with van der Waals surface area (Å²) in [7, 11) is 3.28. The number of nitrogens with zero attached hydrogens (tertiary/aromatic N) is 2. The summed E-state index contributed by atoms with van der Waals surface area (Å²) < 4.78 is 11.2. The Morgan fingerprint density at radius 2 is 2.09 bits per heavy atom. The number of methoxy groups -OCH3 is 2. The zero-order valence-corrected chi connectivity index (χ0v) is 19.8. The molecule has 9 nitrogen and oxygen atoms in total. The zero-order valence-electron chi connectivity index (χ0n) is 19.8. The number of carbonyl (C=O) groups excluding carboxylic acids is 1. The van der Waals surface area contributed by atoms with Gasteiger partial charge >= 0.3 is 0 Å². The maximum Gasteiger partial charge on any atom is 0.245 e. The van der Waals surface area contributed by atoms with Gasteiger partial charge in [0.1, 0.15) is 29.4 Å². The van der Waals surface area contributed by atoms with E-state index in [4.69, 9.17) is 19.4 Å². The first-order chi connectivity index (χ1) is 15.9. The molecule has 0 aromatic carbocycles. The Kier molecular flexibility index (Phi) is 6.42. The number of amides is 1. The van der Waals surface area contributed by atoms with Crippen LogP contribution < -0.4 is 21.3 Å². The van der Waals surface area contributed by atoms with Crippen LogP contribution in [-0.4, -0.2) is 54.4 Å². The number of rotatable bonds is 8. The highest BCUT2D eigenvalue weighted by atomic mass is 16.5. The summed E-state index contributed by atoms with van der Waals surface area (Å²) in [6.07, 6.45) is 10.9. The molecule has 4 rings (SSSR count). The molecule has 1 amide bonds. The van der Waals surface area contributed by atoms with E-state index in [2.05, 4.69) is 21.3 Å². The molecule has 0 fully saturated rings. The normalized spacial score (nSPS) is 20.9. The van der Waals surface area contributed by atoms with Gasteiger partial charge in [0.15, 0.2) is 5.82 Å². The Hall–Kier alpha value is -3.33. The minimum absolute atomic E-state index is 0.0137. The smallest absolute Gasteiger partial charge is 0.245 e. The first-order valence-electron chi connectivity index (χ1n) is 11.2. The Morgan fingerprint density at radius 3 is 2.82 bits per heavy atom. The predicted octanol–water partition coefficient (Wildman–Crippen LogP) is 2.07. The van der Waals surface area contributed by atoms with Crippen LogP contribution in [0.3, 0.4) is 0 Å². The van der Waals surface area contributed by atoms with Crippen LogP contribution in [0.5, 0.6) is 0 Å². The second-order valence-electron chi connectivity index (χ2n) is 8.75. The molecule has 3 heterocycles. The molecule has 2 unspecified atom stereocenters. The van der Waals surface area contributed by atoms with Crippen LogP contribution in [-0.2, 0) is 20.7 Å². The Morgan fingerprint density at radius 1 is 1.27 bits per heavy atom. The highest BCUT2D eigenvalue weighted by Gasteiger charge is 2.34. The number of hydrogen-bond donors (Lipinski definition) is 4. The molecule has 1 aliphatic carbocycles. The Balaban J connectivity index is 1.77. The maximum absolute atomic E-state index is 12.8. The van der Waals surface area contributed by atoms with E-state index in [-0.39, 0.29) is 18.2 Å². The first kappa shape index (κ1) is 22.8. The van der Waals surface area contributed by atoms with Crippen molar-refractivity contribution in [1.82, 2.24) is 25.9 Å². The summed E-state index contributed by atoms with van der Waals surface area (Å²) in [6.45, 7) is 6.35. The molecule has 0 spiro atoms. The minimum atomic E-state index is -0.873. The molecular weight excluding hydrogens is 420 g/mol. The van der Waals surface area contributed by atoms with Gasteiger partial charge in [-0.2, -0.15) is 0 Å². The third kappa shape index (κ3) is 4.45. The minimum Gasteiger partial charge on any atom is -0.498 e. The van der Waals surface area contributed by atoms with Gasteiger partial charge in [0.25, 0.3) is 0 Å². The predicted molar refractivity (Wildman–Crippen MR) is 128 cm³/mol. The summed E-state index contributed by atoms with van der Waals surface area (Å²) in [5, 5.41) is 12.9. The van der Waals surface area contributed by atoms with Crippen LogP contribution in [0.25, 0.3) is 11.6 Å². The highest BCUT2D eigenvalue weighted by molar-refractivity contribution is 5.89. The molecular formula is C24H32N6O3. The van der Waals surface area contributed by atoms with Gasteiger partial charge in [-0.3, -0.25) is 4.79 Å². The molecule has 33 heavy (non-hydrogen) atoms. The number of anilines is 1. The Labute approximate surface area is 194 Å². The molecule has 176 valence electrons. The lowest BCUT2D eigenvalue weighted by atomic mass is 9.96. The van der Waals surface area contributed by atoms with Gasteiger partial charge < -0.3 is 30.7 Å². The van der Waals surface area contributed by atoms with E-state index in [9.17, 15) is 4.79 Å². The number of aromatic nitrogens is 2. The second-order valence-corrected chi connectivity index (χ2v) is 8.75. The van der Waals surface area contributed by atoms with Crippen LogP contribution >= 0.6 is 0 Å². The van der Waals surface area contributed by atoms with Crippen molar-refractivity contribution in [1.29, 1.82) is 0 Å². The van der Waals surface area contributed by atoms with Gasteiger partial charge in [-0.05, 0) is 32.5 Å². The van der Waals surface area contributed by atoms with Crippen molar-refractivity contribution in [3.63, 3.8) is 0 Å². The van der Waals surface area contributed by atoms with Gasteiger partial charge in [-0.1, -0.05) is 13.0 Å². The number of fused-ring (bicyclic) bond motifs is 2. The fraction of sp³-hybridized carbons (Fsp3) is 0.458. The quantitative estimate of drug-likeness (QED) is 0.475. The van der Waals surface area contributed by atoms with Crippen molar-refractivity contribution in [2.24, 2.45) is 0 Å². The lowest BCUT2D eigenvalue weighted by Crippen LogP contribution is -2.48. The number of nitrogens with one attached hydrogen (secondary N) is 4. The number of dihydropyridines is 1. The van der Waals surface area contributed by atoms with Crippen LogP contribution in [0.15, 0.2) is 35.9 Å². The van der Waals surface area contributed by atoms with Crippen molar-refractivity contribution in [3.05, 3.63) is 53.0 Å². The zero-order chi connectivity index (χ0) is 23.6. The third-order valence-corrected chi connectivity index (χ3v) is 5.97.